The second-order valence-electron chi connectivity index (χ2n) is 6.77. The summed E-state index contributed by atoms with van der Waals surface area (Å²) in [5.41, 5.74) is -0.598. The van der Waals surface area contributed by atoms with Crippen LogP contribution in [-0.2, 0) is 9.53 Å². The van der Waals surface area contributed by atoms with Crippen molar-refractivity contribution in [1.82, 2.24) is 4.90 Å². The molecule has 0 aromatic rings. The van der Waals surface area contributed by atoms with E-state index in [-0.39, 0.29) is 5.60 Å². The van der Waals surface area contributed by atoms with E-state index in [1.54, 1.807) is 0 Å². The number of hydrogen-bond acceptors (Lipinski definition) is 3. The van der Waals surface area contributed by atoms with Crippen LogP contribution in [0.3, 0.4) is 0 Å². The minimum Gasteiger partial charge on any atom is -0.481 e. The molecule has 2 fully saturated rings. The maximum atomic E-state index is 11.6. The molecule has 0 aliphatic carbocycles. The average molecular weight is 269 g/mol. The molecule has 1 N–H and O–H groups in total. The minimum atomic E-state index is -0.619. The van der Waals surface area contributed by atoms with Crippen molar-refractivity contribution >= 4 is 5.97 Å². The molecule has 19 heavy (non-hydrogen) atoms. The number of carboxylic acid groups (broad SMARTS) is 1. The summed E-state index contributed by atoms with van der Waals surface area (Å²) in [6.07, 6.45) is 4.58. The van der Waals surface area contributed by atoms with E-state index in [4.69, 9.17) is 4.74 Å². The molecule has 0 aromatic heterocycles. The molecular weight excluding hydrogens is 242 g/mol. The third kappa shape index (κ3) is 3.11. The van der Waals surface area contributed by atoms with Crippen LogP contribution in [0.1, 0.15) is 52.9 Å². The first kappa shape index (κ1) is 14.8. The van der Waals surface area contributed by atoms with Crippen LogP contribution in [0.5, 0.6) is 0 Å². The van der Waals surface area contributed by atoms with Gasteiger partial charge in [-0.1, -0.05) is 6.92 Å². The predicted octanol–water partition coefficient (Wildman–Crippen LogP) is 2.52. The van der Waals surface area contributed by atoms with Crippen molar-refractivity contribution in [2.75, 3.05) is 19.7 Å². The van der Waals surface area contributed by atoms with Crippen LogP contribution in [0.15, 0.2) is 0 Å². The van der Waals surface area contributed by atoms with E-state index in [2.05, 4.69) is 18.7 Å². The van der Waals surface area contributed by atoms with Crippen LogP contribution in [0.4, 0.5) is 0 Å². The molecule has 0 amide bonds. The molecule has 4 heteroatoms. The lowest BCUT2D eigenvalue weighted by Crippen LogP contribution is -2.54. The zero-order valence-electron chi connectivity index (χ0n) is 12.4. The van der Waals surface area contributed by atoms with Crippen molar-refractivity contribution in [3.05, 3.63) is 0 Å². The molecule has 0 spiro atoms. The Labute approximate surface area is 116 Å². The second-order valence-corrected chi connectivity index (χ2v) is 6.77. The van der Waals surface area contributed by atoms with E-state index < -0.39 is 11.4 Å². The maximum Gasteiger partial charge on any atom is 0.310 e. The van der Waals surface area contributed by atoms with Crippen molar-refractivity contribution in [2.24, 2.45) is 5.41 Å². The molecule has 0 radical (unpaired) electrons. The second kappa shape index (κ2) is 5.41. The van der Waals surface area contributed by atoms with Gasteiger partial charge in [0.05, 0.1) is 11.0 Å². The van der Waals surface area contributed by atoms with E-state index in [1.165, 1.54) is 0 Å². The highest BCUT2D eigenvalue weighted by Gasteiger charge is 2.43. The van der Waals surface area contributed by atoms with Gasteiger partial charge in [-0.05, 0) is 52.5 Å². The van der Waals surface area contributed by atoms with E-state index in [0.717, 1.165) is 45.3 Å². The molecule has 2 rings (SSSR count). The van der Waals surface area contributed by atoms with Crippen LogP contribution >= 0.6 is 0 Å². The van der Waals surface area contributed by atoms with Crippen LogP contribution in [0.2, 0.25) is 0 Å². The minimum absolute atomic E-state index is 0.0710. The van der Waals surface area contributed by atoms with Gasteiger partial charge in [-0.3, -0.25) is 9.69 Å². The summed E-state index contributed by atoms with van der Waals surface area (Å²) >= 11 is 0. The van der Waals surface area contributed by atoms with Gasteiger partial charge in [0.25, 0.3) is 0 Å². The van der Waals surface area contributed by atoms with E-state index >= 15 is 0 Å². The van der Waals surface area contributed by atoms with E-state index in [9.17, 15) is 9.90 Å². The number of nitrogens with zero attached hydrogens (tertiary/aromatic N) is 1. The van der Waals surface area contributed by atoms with Crippen LogP contribution < -0.4 is 0 Å². The van der Waals surface area contributed by atoms with Gasteiger partial charge in [-0.15, -0.1) is 0 Å². The summed E-state index contributed by atoms with van der Waals surface area (Å²) in [6.45, 7) is 8.81. The molecule has 2 atom stereocenters. The van der Waals surface area contributed by atoms with Crippen molar-refractivity contribution in [3.63, 3.8) is 0 Å². The Kier molecular flexibility index (Phi) is 4.21. The number of hydrogen-bond donors (Lipinski definition) is 1. The highest BCUT2D eigenvalue weighted by molar-refractivity contribution is 5.75. The first-order valence-electron chi connectivity index (χ1n) is 7.50. The molecule has 2 aliphatic rings. The zero-order valence-corrected chi connectivity index (χ0v) is 12.4. The van der Waals surface area contributed by atoms with Gasteiger partial charge in [-0.25, -0.2) is 0 Å². The van der Waals surface area contributed by atoms with Gasteiger partial charge in [0.2, 0.25) is 0 Å². The van der Waals surface area contributed by atoms with Gasteiger partial charge in [0, 0.05) is 19.2 Å². The summed E-state index contributed by atoms with van der Waals surface area (Å²) in [5, 5.41) is 9.56. The Morgan fingerprint density at radius 1 is 1.47 bits per heavy atom. The molecule has 2 heterocycles. The molecule has 4 nitrogen and oxygen atoms in total. The maximum absolute atomic E-state index is 11.6. The highest BCUT2D eigenvalue weighted by Crippen LogP contribution is 2.37. The van der Waals surface area contributed by atoms with Crippen molar-refractivity contribution in [1.29, 1.82) is 0 Å². The van der Waals surface area contributed by atoms with Gasteiger partial charge in [-0.2, -0.15) is 0 Å². The smallest absolute Gasteiger partial charge is 0.310 e. The number of aliphatic carboxylic acids is 1. The summed E-state index contributed by atoms with van der Waals surface area (Å²) < 4.78 is 5.77. The third-order valence-electron chi connectivity index (χ3n) is 4.92. The molecule has 2 saturated heterocycles. The number of ether oxygens (including phenoxy) is 1. The van der Waals surface area contributed by atoms with Gasteiger partial charge in [0.1, 0.15) is 0 Å². The Morgan fingerprint density at radius 2 is 2.21 bits per heavy atom. The largest absolute Gasteiger partial charge is 0.481 e. The quantitative estimate of drug-likeness (QED) is 0.855. The molecular formula is C15H27NO3. The Hall–Kier alpha value is -0.610. The number of rotatable bonds is 3. The average Bonchev–Trinajstić information content (AvgIpc) is 2.37. The first-order valence-corrected chi connectivity index (χ1v) is 7.50. The normalized spacial score (nSPS) is 36.1. The lowest BCUT2D eigenvalue weighted by molar-refractivity contribution is -0.155. The SMILES string of the molecule is CCC1(C(=O)O)CCCN(C2CCOC(C)(C)C2)C1. The fraction of sp³-hybridized carbons (Fsp3) is 0.933. The summed E-state index contributed by atoms with van der Waals surface area (Å²) in [4.78, 5) is 14.0. The van der Waals surface area contributed by atoms with E-state index in [0.29, 0.717) is 12.6 Å². The topological polar surface area (TPSA) is 49.8 Å². The Balaban J connectivity index is 2.06. The molecule has 0 saturated carbocycles. The van der Waals surface area contributed by atoms with Crippen molar-refractivity contribution in [2.45, 2.75) is 64.5 Å². The molecule has 110 valence electrons. The molecule has 0 aromatic carbocycles. The van der Waals surface area contributed by atoms with Crippen molar-refractivity contribution in [3.8, 4) is 0 Å². The lowest BCUT2D eigenvalue weighted by Gasteiger charge is -2.47. The number of likely N-dealkylation sites (tertiary alicyclic amines) is 1. The number of carboxylic acids is 1. The van der Waals surface area contributed by atoms with Gasteiger partial charge in [0.15, 0.2) is 0 Å². The highest BCUT2D eigenvalue weighted by atomic mass is 16.5. The Morgan fingerprint density at radius 3 is 2.79 bits per heavy atom. The summed E-state index contributed by atoms with van der Waals surface area (Å²) in [5.74, 6) is -0.619. The molecule has 0 bridgehead atoms. The lowest BCUT2D eigenvalue weighted by atomic mass is 9.76. The zero-order chi connectivity index (χ0) is 14.1. The fourth-order valence-corrected chi connectivity index (χ4v) is 3.60. The molecule has 2 aliphatic heterocycles. The van der Waals surface area contributed by atoms with Crippen molar-refractivity contribution < 1.29 is 14.6 Å². The van der Waals surface area contributed by atoms with Gasteiger partial charge < -0.3 is 9.84 Å². The summed E-state index contributed by atoms with van der Waals surface area (Å²) in [6, 6.07) is 0.481. The number of carbonyl (C=O) groups is 1. The van der Waals surface area contributed by atoms with Crippen LogP contribution in [-0.4, -0.2) is 47.3 Å². The molecule has 2 unspecified atom stereocenters. The third-order valence-corrected chi connectivity index (χ3v) is 4.92. The Bertz CT molecular complexity index is 342. The van der Waals surface area contributed by atoms with Crippen LogP contribution in [0, 0.1) is 5.41 Å². The van der Waals surface area contributed by atoms with Gasteiger partial charge >= 0.3 is 5.97 Å². The standard InChI is InChI=1S/C15H27NO3/c1-4-15(13(17)18)7-5-8-16(11-15)12-6-9-19-14(2,3)10-12/h12H,4-11H2,1-3H3,(H,17,18). The summed E-state index contributed by atoms with van der Waals surface area (Å²) in [7, 11) is 0. The van der Waals surface area contributed by atoms with E-state index in [1.807, 2.05) is 6.92 Å². The van der Waals surface area contributed by atoms with Crippen LogP contribution in [0.25, 0.3) is 0 Å². The fourth-order valence-electron chi connectivity index (χ4n) is 3.60. The first-order chi connectivity index (χ1) is 8.88. The number of piperidine rings is 1. The monoisotopic (exact) mass is 269 g/mol. The predicted molar refractivity (Wildman–Crippen MR) is 74.2 cm³/mol.